The second kappa shape index (κ2) is 5.61. The van der Waals surface area contributed by atoms with Crippen LogP contribution >= 0.6 is 23.1 Å². The normalized spacial score (nSPS) is 18.3. The van der Waals surface area contributed by atoms with Crippen LogP contribution in [0.2, 0.25) is 0 Å². The lowest BCUT2D eigenvalue weighted by molar-refractivity contribution is 0.493. The molecular weight excluding hydrogens is 279 g/mol. The van der Waals surface area contributed by atoms with Gasteiger partial charge in [0.1, 0.15) is 5.82 Å². The molecule has 0 saturated carbocycles. The van der Waals surface area contributed by atoms with Crippen LogP contribution in [0.4, 0.5) is 4.39 Å². The number of thiazole rings is 1. The van der Waals surface area contributed by atoms with Crippen molar-refractivity contribution in [3.8, 4) is 0 Å². The summed E-state index contributed by atoms with van der Waals surface area (Å²) >= 11 is 3.28. The molecule has 100 valence electrons. The number of nitrogens with zero attached hydrogens (tertiary/aromatic N) is 1. The van der Waals surface area contributed by atoms with E-state index in [4.69, 9.17) is 0 Å². The Labute approximate surface area is 120 Å². The van der Waals surface area contributed by atoms with Crippen LogP contribution in [0, 0.1) is 12.7 Å². The van der Waals surface area contributed by atoms with Crippen molar-refractivity contribution in [2.24, 2.45) is 0 Å². The number of halogens is 1. The average Bonchev–Trinajstić information content (AvgIpc) is 2.83. The van der Waals surface area contributed by atoms with Crippen molar-refractivity contribution in [2.75, 3.05) is 5.75 Å². The van der Waals surface area contributed by atoms with E-state index in [1.807, 2.05) is 13.0 Å². The summed E-state index contributed by atoms with van der Waals surface area (Å²) in [5, 5.41) is 6.66. The summed E-state index contributed by atoms with van der Waals surface area (Å²) in [6, 6.07) is 5.59. The third-order valence-electron chi connectivity index (χ3n) is 3.22. The van der Waals surface area contributed by atoms with E-state index in [2.05, 4.69) is 15.7 Å². The van der Waals surface area contributed by atoms with Crippen LogP contribution in [0.25, 0.3) is 0 Å². The predicted molar refractivity (Wildman–Crippen MR) is 78.2 cm³/mol. The molecular formula is C14H15FN2S2. The molecule has 5 heteroatoms. The van der Waals surface area contributed by atoms with Gasteiger partial charge in [-0.25, -0.2) is 9.37 Å². The smallest absolute Gasteiger partial charge is 0.137 e. The van der Waals surface area contributed by atoms with Gasteiger partial charge in [0.2, 0.25) is 0 Å². The molecule has 0 radical (unpaired) electrons. The standard InChI is InChI=1S/C14H15FN2S2/c1-9-17-10(8-19-9)7-16-13-5-6-18-14-11(13)3-2-4-12(14)15/h2-4,8,13,16H,5-7H2,1H3. The third kappa shape index (κ3) is 2.83. The molecule has 1 N–H and O–H groups in total. The first-order chi connectivity index (χ1) is 9.24. The number of thioether (sulfide) groups is 1. The number of hydrogen-bond acceptors (Lipinski definition) is 4. The predicted octanol–water partition coefficient (Wildman–Crippen LogP) is 3.92. The van der Waals surface area contributed by atoms with Gasteiger partial charge < -0.3 is 5.32 Å². The molecule has 2 aromatic rings. The molecule has 0 saturated heterocycles. The molecule has 1 aliphatic heterocycles. The molecule has 2 heterocycles. The number of aromatic nitrogens is 1. The molecule has 0 bridgehead atoms. The van der Waals surface area contributed by atoms with Gasteiger partial charge in [-0.1, -0.05) is 12.1 Å². The lowest BCUT2D eigenvalue weighted by atomic mass is 10.0. The Bertz CT molecular complexity index is 583. The van der Waals surface area contributed by atoms with Crippen molar-refractivity contribution < 1.29 is 4.39 Å². The minimum atomic E-state index is -0.0986. The fraction of sp³-hybridized carbons (Fsp3) is 0.357. The van der Waals surface area contributed by atoms with Gasteiger partial charge in [0.15, 0.2) is 0 Å². The topological polar surface area (TPSA) is 24.9 Å². The van der Waals surface area contributed by atoms with Crippen molar-refractivity contribution in [3.05, 3.63) is 45.7 Å². The monoisotopic (exact) mass is 294 g/mol. The number of fused-ring (bicyclic) bond motifs is 1. The number of aryl methyl sites for hydroxylation is 1. The molecule has 1 aromatic heterocycles. The van der Waals surface area contributed by atoms with E-state index < -0.39 is 0 Å². The van der Waals surface area contributed by atoms with Gasteiger partial charge in [-0.2, -0.15) is 0 Å². The molecule has 0 aliphatic carbocycles. The van der Waals surface area contributed by atoms with E-state index in [0.29, 0.717) is 0 Å². The highest BCUT2D eigenvalue weighted by atomic mass is 32.2. The second-order valence-corrected chi connectivity index (χ2v) is 6.75. The molecule has 0 amide bonds. The maximum absolute atomic E-state index is 13.8. The highest BCUT2D eigenvalue weighted by molar-refractivity contribution is 7.99. The van der Waals surface area contributed by atoms with Gasteiger partial charge in [-0.15, -0.1) is 23.1 Å². The van der Waals surface area contributed by atoms with Crippen LogP contribution in [-0.2, 0) is 6.54 Å². The van der Waals surface area contributed by atoms with Crippen molar-refractivity contribution in [2.45, 2.75) is 30.8 Å². The Balaban J connectivity index is 1.75. The van der Waals surface area contributed by atoms with Crippen molar-refractivity contribution in [3.63, 3.8) is 0 Å². The highest BCUT2D eigenvalue weighted by Gasteiger charge is 2.22. The Morgan fingerprint density at radius 2 is 2.37 bits per heavy atom. The maximum Gasteiger partial charge on any atom is 0.137 e. The number of hydrogen-bond donors (Lipinski definition) is 1. The van der Waals surface area contributed by atoms with Crippen LogP contribution in [0.5, 0.6) is 0 Å². The first kappa shape index (κ1) is 13.1. The van der Waals surface area contributed by atoms with Crippen LogP contribution in [0.15, 0.2) is 28.5 Å². The van der Waals surface area contributed by atoms with Gasteiger partial charge in [0, 0.05) is 22.9 Å². The molecule has 1 aromatic carbocycles. The van der Waals surface area contributed by atoms with E-state index in [0.717, 1.165) is 39.9 Å². The fourth-order valence-corrected chi connectivity index (χ4v) is 4.07. The number of benzene rings is 1. The zero-order valence-electron chi connectivity index (χ0n) is 10.6. The first-order valence-corrected chi connectivity index (χ1v) is 8.16. The summed E-state index contributed by atoms with van der Waals surface area (Å²) in [5.41, 5.74) is 2.15. The van der Waals surface area contributed by atoms with E-state index in [1.54, 1.807) is 29.2 Å². The molecule has 0 fully saturated rings. The largest absolute Gasteiger partial charge is 0.304 e. The summed E-state index contributed by atoms with van der Waals surface area (Å²) in [6.45, 7) is 2.76. The van der Waals surface area contributed by atoms with E-state index in [1.165, 1.54) is 6.07 Å². The van der Waals surface area contributed by atoms with E-state index in [9.17, 15) is 4.39 Å². The lowest BCUT2D eigenvalue weighted by Gasteiger charge is -2.26. The molecule has 2 nitrogen and oxygen atoms in total. The fourth-order valence-electron chi connectivity index (χ4n) is 2.32. The van der Waals surface area contributed by atoms with Gasteiger partial charge in [0.05, 0.1) is 10.7 Å². The van der Waals surface area contributed by atoms with E-state index in [-0.39, 0.29) is 11.9 Å². The van der Waals surface area contributed by atoms with Gasteiger partial charge >= 0.3 is 0 Å². The molecule has 1 atom stereocenters. The summed E-state index contributed by atoms with van der Waals surface area (Å²) in [6.07, 6.45) is 1.03. The summed E-state index contributed by atoms with van der Waals surface area (Å²) < 4.78 is 13.8. The van der Waals surface area contributed by atoms with Crippen LogP contribution < -0.4 is 5.32 Å². The SMILES string of the molecule is Cc1nc(CNC2CCSc3c(F)cccc32)cs1. The van der Waals surface area contributed by atoms with Gasteiger partial charge in [0.25, 0.3) is 0 Å². The zero-order chi connectivity index (χ0) is 13.2. The minimum absolute atomic E-state index is 0.0986. The average molecular weight is 294 g/mol. The first-order valence-electron chi connectivity index (χ1n) is 6.29. The summed E-state index contributed by atoms with van der Waals surface area (Å²) in [7, 11) is 0. The maximum atomic E-state index is 13.8. The molecule has 3 rings (SSSR count). The van der Waals surface area contributed by atoms with Crippen LogP contribution in [0.3, 0.4) is 0 Å². The van der Waals surface area contributed by atoms with Crippen molar-refractivity contribution in [1.29, 1.82) is 0 Å². The minimum Gasteiger partial charge on any atom is -0.304 e. The second-order valence-electron chi connectivity index (χ2n) is 4.59. The quantitative estimate of drug-likeness (QED) is 0.929. The Morgan fingerprint density at radius 3 is 3.16 bits per heavy atom. The lowest BCUT2D eigenvalue weighted by Crippen LogP contribution is -2.24. The number of nitrogens with one attached hydrogen (secondary N) is 1. The highest BCUT2D eigenvalue weighted by Crippen LogP contribution is 2.37. The zero-order valence-corrected chi connectivity index (χ0v) is 12.3. The van der Waals surface area contributed by atoms with Crippen LogP contribution in [0.1, 0.15) is 28.7 Å². The number of rotatable bonds is 3. The molecule has 1 aliphatic rings. The molecule has 0 spiro atoms. The van der Waals surface area contributed by atoms with Crippen molar-refractivity contribution in [1.82, 2.24) is 10.3 Å². The molecule has 1 unspecified atom stereocenters. The Kier molecular flexibility index (Phi) is 3.86. The molecule has 19 heavy (non-hydrogen) atoms. The van der Waals surface area contributed by atoms with Gasteiger partial charge in [-0.05, 0) is 30.7 Å². The Morgan fingerprint density at radius 1 is 1.47 bits per heavy atom. The van der Waals surface area contributed by atoms with Gasteiger partial charge in [-0.3, -0.25) is 0 Å². The van der Waals surface area contributed by atoms with Crippen molar-refractivity contribution >= 4 is 23.1 Å². The van der Waals surface area contributed by atoms with E-state index >= 15 is 0 Å². The summed E-state index contributed by atoms with van der Waals surface area (Å²) in [5.74, 6) is 0.861. The van der Waals surface area contributed by atoms with Crippen LogP contribution in [-0.4, -0.2) is 10.7 Å². The summed E-state index contributed by atoms with van der Waals surface area (Å²) in [4.78, 5) is 5.25. The Hall–Kier alpha value is -0.910. The third-order valence-corrected chi connectivity index (χ3v) is 5.20.